The molecule has 2 aliphatic rings. The molecule has 0 aliphatic carbocycles. The van der Waals surface area contributed by atoms with E-state index in [9.17, 15) is 31.1 Å². The first-order valence-electron chi connectivity index (χ1n) is 10.4. The molecule has 1 aromatic carbocycles. The van der Waals surface area contributed by atoms with Gasteiger partial charge >= 0.3 is 18.3 Å². The topological polar surface area (TPSA) is 82.4 Å². The van der Waals surface area contributed by atoms with E-state index in [1.807, 2.05) is 0 Å². The number of azo groups is 1. The third-order valence-electron chi connectivity index (χ3n) is 5.14. The monoisotopic (exact) mass is 512 g/mol. The highest BCUT2D eigenvalue weighted by Crippen LogP contribution is 2.39. The predicted molar refractivity (Wildman–Crippen MR) is 114 cm³/mol. The average Bonchev–Trinajstić information content (AvgIpc) is 3.20. The molecule has 0 bridgehead atoms. The number of hydrazine groups is 1. The Labute approximate surface area is 200 Å². The number of allylic oxidation sites excluding steroid dienone is 2. The Kier molecular flexibility index (Phi) is 6.37. The van der Waals surface area contributed by atoms with Crippen LogP contribution in [-0.4, -0.2) is 33.5 Å². The molecule has 0 saturated carbocycles. The van der Waals surface area contributed by atoms with E-state index in [1.54, 1.807) is 0 Å². The number of hydrogen-bond acceptors (Lipinski definition) is 8. The molecule has 2 atom stereocenters. The van der Waals surface area contributed by atoms with Crippen LogP contribution in [0.15, 0.2) is 70.9 Å². The molecule has 190 valence electrons. The van der Waals surface area contributed by atoms with Gasteiger partial charge in [-0.3, -0.25) is 9.78 Å². The van der Waals surface area contributed by atoms with Crippen LogP contribution in [0.2, 0.25) is 0 Å². The van der Waals surface area contributed by atoms with Gasteiger partial charge in [0.25, 0.3) is 0 Å². The van der Waals surface area contributed by atoms with E-state index in [-0.39, 0.29) is 22.8 Å². The number of carbonyl (C=O) groups excluding carboxylic acids is 1. The summed E-state index contributed by atoms with van der Waals surface area (Å²) in [5, 5.41) is 13.7. The highest BCUT2D eigenvalue weighted by molar-refractivity contribution is 5.75. The summed E-state index contributed by atoms with van der Waals surface area (Å²) in [4.78, 5) is 15.5. The Morgan fingerprint density at radius 3 is 2.39 bits per heavy atom. The number of hydrogen-bond donors (Lipinski definition) is 1. The molecule has 2 aliphatic heterocycles. The van der Waals surface area contributed by atoms with E-state index in [4.69, 9.17) is 4.74 Å². The zero-order valence-corrected chi connectivity index (χ0v) is 18.7. The highest BCUT2D eigenvalue weighted by atomic mass is 19.4. The Balaban J connectivity index is 1.68. The molecule has 0 amide bonds. The lowest BCUT2D eigenvalue weighted by Gasteiger charge is -2.40. The summed E-state index contributed by atoms with van der Waals surface area (Å²) < 4.78 is 84.6. The highest BCUT2D eigenvalue weighted by Gasteiger charge is 2.40. The Bertz CT molecular complexity index is 1240. The van der Waals surface area contributed by atoms with Gasteiger partial charge in [0.1, 0.15) is 0 Å². The van der Waals surface area contributed by atoms with E-state index >= 15 is 0 Å². The lowest BCUT2D eigenvalue weighted by atomic mass is 10.1. The first-order chi connectivity index (χ1) is 16.8. The number of anilines is 1. The summed E-state index contributed by atoms with van der Waals surface area (Å²) in [5.41, 5.74) is -1.88. The number of halogens is 6. The minimum atomic E-state index is -4.68. The number of pyridine rings is 1. The van der Waals surface area contributed by atoms with Crippen LogP contribution in [0.25, 0.3) is 5.57 Å². The van der Waals surface area contributed by atoms with Crippen molar-refractivity contribution in [3.8, 4) is 0 Å². The number of fused-ring (bicyclic) bond motifs is 1. The first kappa shape index (κ1) is 25.0. The van der Waals surface area contributed by atoms with Crippen molar-refractivity contribution in [2.75, 3.05) is 5.32 Å². The van der Waals surface area contributed by atoms with Gasteiger partial charge in [0.2, 0.25) is 6.29 Å². The molecule has 14 heteroatoms. The van der Waals surface area contributed by atoms with Crippen molar-refractivity contribution in [2.24, 2.45) is 10.2 Å². The zero-order valence-electron chi connectivity index (χ0n) is 18.7. The maximum absolute atomic E-state index is 13.6. The zero-order chi connectivity index (χ0) is 26.3. The SMILES string of the molecule is CC(=O)OC(C)N1C=C(c2ncccc2C(F)(F)F)C=C2N=NC(Nc3ccc(C(F)(F)F)cc3)N21. The smallest absolute Gasteiger partial charge is 0.418 e. The average molecular weight is 512 g/mol. The number of nitrogens with one attached hydrogen (secondary N) is 1. The third-order valence-corrected chi connectivity index (χ3v) is 5.14. The molecule has 2 aromatic rings. The van der Waals surface area contributed by atoms with E-state index in [2.05, 4.69) is 20.5 Å². The molecule has 4 rings (SSSR count). The molecule has 0 radical (unpaired) electrons. The lowest BCUT2D eigenvalue weighted by molar-refractivity contribution is -0.166. The Hall–Kier alpha value is -4.10. The van der Waals surface area contributed by atoms with Gasteiger partial charge in [-0.15, -0.1) is 10.2 Å². The van der Waals surface area contributed by atoms with E-state index in [0.29, 0.717) is 0 Å². The predicted octanol–water partition coefficient (Wildman–Crippen LogP) is 5.60. The molecule has 0 saturated heterocycles. The van der Waals surface area contributed by atoms with Crippen molar-refractivity contribution in [1.29, 1.82) is 0 Å². The van der Waals surface area contributed by atoms with Crippen LogP contribution in [0, 0.1) is 0 Å². The van der Waals surface area contributed by atoms with Crippen molar-refractivity contribution >= 4 is 17.2 Å². The van der Waals surface area contributed by atoms with Gasteiger partial charge in [0, 0.05) is 30.6 Å². The second-order valence-electron chi connectivity index (χ2n) is 7.73. The fourth-order valence-electron chi connectivity index (χ4n) is 3.62. The molecule has 1 N–H and O–H groups in total. The minimum Gasteiger partial charge on any atom is -0.440 e. The van der Waals surface area contributed by atoms with Crippen LogP contribution in [0.4, 0.5) is 32.0 Å². The van der Waals surface area contributed by atoms with E-state index in [1.165, 1.54) is 54.5 Å². The second kappa shape index (κ2) is 9.17. The second-order valence-corrected chi connectivity index (χ2v) is 7.73. The van der Waals surface area contributed by atoms with Crippen molar-refractivity contribution in [3.63, 3.8) is 0 Å². The number of carbonyl (C=O) groups is 1. The van der Waals surface area contributed by atoms with Gasteiger partial charge in [-0.2, -0.15) is 26.3 Å². The third kappa shape index (κ3) is 5.11. The Morgan fingerprint density at radius 1 is 1.08 bits per heavy atom. The van der Waals surface area contributed by atoms with Crippen molar-refractivity contribution in [3.05, 3.63) is 77.5 Å². The summed E-state index contributed by atoms with van der Waals surface area (Å²) >= 11 is 0. The van der Waals surface area contributed by atoms with Crippen LogP contribution in [0.1, 0.15) is 30.7 Å². The quantitative estimate of drug-likeness (QED) is 0.415. The number of benzene rings is 1. The minimum absolute atomic E-state index is 0.0299. The molecule has 1 aromatic heterocycles. The van der Waals surface area contributed by atoms with Gasteiger partial charge < -0.3 is 10.1 Å². The maximum atomic E-state index is 13.6. The normalized spacial score (nSPS) is 18.4. The van der Waals surface area contributed by atoms with Crippen LogP contribution >= 0.6 is 0 Å². The molecule has 36 heavy (non-hydrogen) atoms. The standard InChI is InChI=1S/C22H18F6N6O2/c1-12(36-13(2)35)33-11-14(19-17(22(26,27)28)4-3-9-29-19)10-18-31-32-20(34(18)33)30-16-7-5-15(6-8-16)21(23,24)25/h3-12,20,30H,1-2H3. The molecule has 0 fully saturated rings. The number of aromatic nitrogens is 1. The summed E-state index contributed by atoms with van der Waals surface area (Å²) in [6, 6.07) is 6.23. The lowest BCUT2D eigenvalue weighted by Crippen LogP contribution is -2.51. The molecular weight excluding hydrogens is 494 g/mol. The summed E-state index contributed by atoms with van der Waals surface area (Å²) in [6.07, 6.45) is -7.38. The van der Waals surface area contributed by atoms with Crippen molar-refractivity contribution in [1.82, 2.24) is 15.0 Å². The number of esters is 1. The summed E-state index contributed by atoms with van der Waals surface area (Å²) in [6.45, 7) is 2.65. The fraction of sp³-hybridized carbons (Fsp3) is 0.273. The largest absolute Gasteiger partial charge is 0.440 e. The van der Waals surface area contributed by atoms with Crippen LogP contribution in [-0.2, 0) is 21.9 Å². The van der Waals surface area contributed by atoms with Gasteiger partial charge in [-0.1, -0.05) is 0 Å². The number of ether oxygens (including phenoxy) is 1. The Morgan fingerprint density at radius 2 is 1.78 bits per heavy atom. The van der Waals surface area contributed by atoms with Gasteiger partial charge in [-0.05, 0) is 49.4 Å². The van der Waals surface area contributed by atoms with Crippen LogP contribution in [0.5, 0.6) is 0 Å². The molecular formula is C22H18F6N6O2. The van der Waals surface area contributed by atoms with Crippen molar-refractivity contribution < 1.29 is 35.9 Å². The van der Waals surface area contributed by atoms with Gasteiger partial charge in [0.15, 0.2) is 12.0 Å². The maximum Gasteiger partial charge on any atom is 0.418 e. The van der Waals surface area contributed by atoms with Gasteiger partial charge in [0.05, 0.1) is 16.8 Å². The molecule has 2 unspecified atom stereocenters. The van der Waals surface area contributed by atoms with Crippen molar-refractivity contribution in [2.45, 2.75) is 38.7 Å². The number of alkyl halides is 6. The van der Waals surface area contributed by atoms with Crippen LogP contribution < -0.4 is 5.32 Å². The molecule has 0 spiro atoms. The fourth-order valence-corrected chi connectivity index (χ4v) is 3.62. The molecule has 8 nitrogen and oxygen atoms in total. The summed E-state index contributed by atoms with van der Waals surface area (Å²) in [7, 11) is 0. The van der Waals surface area contributed by atoms with E-state index < -0.39 is 42.0 Å². The van der Waals surface area contributed by atoms with Gasteiger partial charge in [-0.25, -0.2) is 10.0 Å². The number of rotatable bonds is 5. The molecule has 3 heterocycles. The number of nitrogens with zero attached hydrogens (tertiary/aromatic N) is 5. The summed E-state index contributed by atoms with van der Waals surface area (Å²) in [5.74, 6) is -0.558. The first-order valence-corrected chi connectivity index (χ1v) is 10.4. The van der Waals surface area contributed by atoms with Crippen LogP contribution in [0.3, 0.4) is 0 Å². The van der Waals surface area contributed by atoms with E-state index in [0.717, 1.165) is 24.3 Å².